The van der Waals surface area contributed by atoms with Gasteiger partial charge < -0.3 is 11.1 Å². The third kappa shape index (κ3) is 3.69. The number of benzene rings is 1. The predicted octanol–water partition coefficient (Wildman–Crippen LogP) is 2.52. The maximum absolute atomic E-state index is 13.4. The van der Waals surface area contributed by atoms with Gasteiger partial charge >= 0.3 is 0 Å². The van der Waals surface area contributed by atoms with Crippen LogP contribution in [0.25, 0.3) is 0 Å². The highest BCUT2D eigenvalue weighted by atomic mass is 19.1. The Bertz CT molecular complexity index is 419. The molecule has 0 saturated carbocycles. The molecule has 0 aliphatic heterocycles. The number of primary amides is 1. The number of nitrogens with one attached hydrogen (secondary N) is 1. The lowest BCUT2D eigenvalue weighted by molar-refractivity contribution is 0.0996. The Kier molecular flexibility index (Phi) is 4.43. The first kappa shape index (κ1) is 13.4. The quantitative estimate of drug-likeness (QED) is 0.833. The second-order valence-electron chi connectivity index (χ2n) is 4.29. The van der Waals surface area contributed by atoms with Crippen molar-refractivity contribution in [2.45, 2.75) is 20.3 Å². The molecule has 3 N–H and O–H groups in total. The minimum atomic E-state index is -0.940. The van der Waals surface area contributed by atoms with E-state index in [4.69, 9.17) is 5.73 Å². The summed E-state index contributed by atoms with van der Waals surface area (Å²) in [7, 11) is 0. The van der Waals surface area contributed by atoms with Crippen LogP contribution in [-0.2, 0) is 0 Å². The molecule has 0 spiro atoms. The monoisotopic (exact) mass is 242 g/mol. The number of hydrogen-bond acceptors (Lipinski definition) is 2. The van der Waals surface area contributed by atoms with Crippen molar-refractivity contribution in [2.24, 2.45) is 11.7 Å². The largest absolute Gasteiger partial charge is 0.383 e. The number of rotatable bonds is 5. The molecule has 0 heterocycles. The maximum atomic E-state index is 13.4. The average Bonchev–Trinajstić information content (AvgIpc) is 2.20. The van der Waals surface area contributed by atoms with E-state index in [0.717, 1.165) is 12.5 Å². The number of nitrogens with two attached hydrogens (primary N) is 1. The van der Waals surface area contributed by atoms with Gasteiger partial charge in [0, 0.05) is 12.6 Å². The Morgan fingerprint density at radius 1 is 1.35 bits per heavy atom. The van der Waals surface area contributed by atoms with E-state index < -0.39 is 17.5 Å². The van der Waals surface area contributed by atoms with Gasteiger partial charge in [-0.1, -0.05) is 13.8 Å². The summed E-state index contributed by atoms with van der Waals surface area (Å²) >= 11 is 0. The third-order valence-electron chi connectivity index (χ3n) is 2.36. The zero-order valence-electron chi connectivity index (χ0n) is 9.89. The van der Waals surface area contributed by atoms with Crippen molar-refractivity contribution in [1.82, 2.24) is 0 Å². The van der Waals surface area contributed by atoms with E-state index in [-0.39, 0.29) is 11.3 Å². The lowest BCUT2D eigenvalue weighted by Gasteiger charge is -2.10. The summed E-state index contributed by atoms with van der Waals surface area (Å²) in [5.74, 6) is -2.10. The molecule has 1 aromatic rings. The van der Waals surface area contributed by atoms with Gasteiger partial charge in [-0.15, -0.1) is 0 Å². The van der Waals surface area contributed by atoms with Gasteiger partial charge in [-0.25, -0.2) is 8.78 Å². The molecule has 0 radical (unpaired) electrons. The number of carbonyl (C=O) groups is 1. The molecule has 94 valence electrons. The number of carbonyl (C=O) groups excluding carboxylic acids is 1. The van der Waals surface area contributed by atoms with Crippen LogP contribution in [0.15, 0.2) is 12.1 Å². The van der Waals surface area contributed by atoms with Gasteiger partial charge in [0.1, 0.15) is 11.6 Å². The molecule has 0 aromatic heterocycles. The van der Waals surface area contributed by atoms with Crippen LogP contribution < -0.4 is 11.1 Å². The van der Waals surface area contributed by atoms with E-state index in [2.05, 4.69) is 5.32 Å². The zero-order chi connectivity index (χ0) is 13.0. The average molecular weight is 242 g/mol. The first-order valence-corrected chi connectivity index (χ1v) is 5.44. The van der Waals surface area contributed by atoms with Crippen molar-refractivity contribution in [2.75, 3.05) is 11.9 Å². The molecule has 17 heavy (non-hydrogen) atoms. The molecular weight excluding hydrogens is 226 g/mol. The van der Waals surface area contributed by atoms with E-state index in [1.165, 1.54) is 0 Å². The van der Waals surface area contributed by atoms with Crippen LogP contribution in [0.3, 0.4) is 0 Å². The molecule has 0 bridgehead atoms. The van der Waals surface area contributed by atoms with Gasteiger partial charge in [-0.05, 0) is 18.4 Å². The normalized spacial score (nSPS) is 10.6. The Morgan fingerprint density at radius 2 is 2.00 bits per heavy atom. The molecule has 0 fully saturated rings. The van der Waals surface area contributed by atoms with Crippen LogP contribution in [0.2, 0.25) is 0 Å². The van der Waals surface area contributed by atoms with Gasteiger partial charge in [0.2, 0.25) is 0 Å². The van der Waals surface area contributed by atoms with Crippen LogP contribution in [0, 0.1) is 17.6 Å². The highest BCUT2D eigenvalue weighted by Gasteiger charge is 2.13. The summed E-state index contributed by atoms with van der Waals surface area (Å²) < 4.78 is 26.5. The first-order chi connectivity index (χ1) is 7.91. The molecule has 3 nitrogen and oxygen atoms in total. The van der Waals surface area contributed by atoms with E-state index in [1.54, 1.807) is 0 Å². The fourth-order valence-corrected chi connectivity index (χ4v) is 1.37. The lowest BCUT2D eigenvalue weighted by atomic mass is 10.1. The highest BCUT2D eigenvalue weighted by Crippen LogP contribution is 2.19. The zero-order valence-corrected chi connectivity index (χ0v) is 9.89. The fourth-order valence-electron chi connectivity index (χ4n) is 1.37. The second-order valence-corrected chi connectivity index (χ2v) is 4.29. The maximum Gasteiger partial charge on any atom is 0.251 e. The van der Waals surface area contributed by atoms with E-state index in [0.29, 0.717) is 18.5 Å². The summed E-state index contributed by atoms with van der Waals surface area (Å²) in [5, 5.41) is 2.82. The van der Waals surface area contributed by atoms with Gasteiger partial charge in [-0.2, -0.15) is 0 Å². The highest BCUT2D eigenvalue weighted by molar-refractivity contribution is 5.94. The smallest absolute Gasteiger partial charge is 0.251 e. The fraction of sp³-hybridized carbons (Fsp3) is 0.417. The van der Waals surface area contributed by atoms with Crippen LogP contribution in [0.5, 0.6) is 0 Å². The lowest BCUT2D eigenvalue weighted by Crippen LogP contribution is -2.15. The van der Waals surface area contributed by atoms with Crippen molar-refractivity contribution >= 4 is 11.6 Å². The summed E-state index contributed by atoms with van der Waals surface area (Å²) in [4.78, 5) is 10.9. The molecule has 1 amide bonds. The number of amides is 1. The van der Waals surface area contributed by atoms with Crippen molar-refractivity contribution in [3.63, 3.8) is 0 Å². The standard InChI is InChI=1S/C12H16F2N2O/c1-7(2)3-4-16-11-5-8(12(15)17)9(13)6-10(11)14/h5-7,16H,3-4H2,1-2H3,(H2,15,17). The second kappa shape index (κ2) is 5.61. The number of hydrogen-bond donors (Lipinski definition) is 2. The van der Waals surface area contributed by atoms with Crippen molar-refractivity contribution in [1.29, 1.82) is 0 Å². The summed E-state index contributed by atoms with van der Waals surface area (Å²) in [6.07, 6.45) is 0.850. The van der Waals surface area contributed by atoms with Crippen molar-refractivity contribution in [3.05, 3.63) is 29.3 Å². The molecular formula is C12H16F2N2O. The van der Waals surface area contributed by atoms with Gasteiger partial charge in [-0.3, -0.25) is 4.79 Å². The third-order valence-corrected chi connectivity index (χ3v) is 2.36. The Balaban J connectivity index is 2.84. The van der Waals surface area contributed by atoms with Crippen molar-refractivity contribution < 1.29 is 13.6 Å². The minimum absolute atomic E-state index is 0.0980. The van der Waals surface area contributed by atoms with Gasteiger partial charge in [0.05, 0.1) is 11.3 Å². The van der Waals surface area contributed by atoms with Crippen molar-refractivity contribution in [3.8, 4) is 0 Å². The molecule has 0 aliphatic carbocycles. The van der Waals surface area contributed by atoms with Crippen LogP contribution in [0.4, 0.5) is 14.5 Å². The number of halogens is 2. The van der Waals surface area contributed by atoms with E-state index in [9.17, 15) is 13.6 Å². The Hall–Kier alpha value is -1.65. The van der Waals surface area contributed by atoms with Crippen LogP contribution in [0.1, 0.15) is 30.6 Å². The Labute approximate surface area is 99.0 Å². The molecule has 0 saturated heterocycles. The first-order valence-electron chi connectivity index (χ1n) is 5.44. The molecule has 0 aliphatic rings. The van der Waals surface area contributed by atoms with Gasteiger partial charge in [0.15, 0.2) is 0 Å². The molecule has 5 heteroatoms. The number of anilines is 1. The molecule has 0 atom stereocenters. The topological polar surface area (TPSA) is 55.1 Å². The summed E-state index contributed by atoms with van der Waals surface area (Å²) in [5.41, 5.74) is 4.77. The van der Waals surface area contributed by atoms with Crippen LogP contribution in [-0.4, -0.2) is 12.5 Å². The van der Waals surface area contributed by atoms with Gasteiger partial charge in [0.25, 0.3) is 5.91 Å². The summed E-state index contributed by atoms with van der Waals surface area (Å²) in [6, 6.07) is 1.77. The molecule has 0 unspecified atom stereocenters. The van der Waals surface area contributed by atoms with E-state index in [1.807, 2.05) is 13.8 Å². The molecule has 1 rings (SSSR count). The predicted molar refractivity (Wildman–Crippen MR) is 62.8 cm³/mol. The minimum Gasteiger partial charge on any atom is -0.383 e. The summed E-state index contributed by atoms with van der Waals surface area (Å²) in [6.45, 7) is 4.63. The molecule has 1 aromatic carbocycles. The van der Waals surface area contributed by atoms with E-state index >= 15 is 0 Å². The Morgan fingerprint density at radius 3 is 2.53 bits per heavy atom. The van der Waals surface area contributed by atoms with Crippen LogP contribution >= 0.6 is 0 Å². The SMILES string of the molecule is CC(C)CCNc1cc(C(N)=O)c(F)cc1F.